The van der Waals surface area contributed by atoms with Crippen LogP contribution in [0, 0.1) is 6.92 Å². The molecule has 3 aromatic rings. The van der Waals surface area contributed by atoms with Gasteiger partial charge < -0.3 is 9.15 Å². The second-order valence-electron chi connectivity index (χ2n) is 4.67. The quantitative estimate of drug-likeness (QED) is 0.663. The molecule has 3 rings (SSSR count). The van der Waals surface area contributed by atoms with Gasteiger partial charge in [-0.05, 0) is 30.2 Å². The second-order valence-corrected chi connectivity index (χ2v) is 4.67. The third kappa shape index (κ3) is 2.07. The Bertz CT molecular complexity index is 817. The molecule has 100 valence electrons. The molecule has 0 N–H and O–H groups in total. The molecule has 0 spiro atoms. The molecular formula is C17H14O3. The van der Waals surface area contributed by atoms with Crippen LogP contribution in [-0.4, -0.2) is 7.11 Å². The Hall–Kier alpha value is -2.55. The fraction of sp³-hybridized carbons (Fsp3) is 0.118. The average Bonchev–Trinajstić information content (AvgIpc) is 2.47. The van der Waals surface area contributed by atoms with Crippen molar-refractivity contribution < 1.29 is 9.15 Å². The standard InChI is InChI=1S/C17H14O3/c1-11-8-13(19-2)9-16-14(11)10-15(17(18)20-16)12-6-4-3-5-7-12/h3-10H,1-2H3. The first-order chi connectivity index (χ1) is 9.69. The third-order valence-corrected chi connectivity index (χ3v) is 3.35. The van der Waals surface area contributed by atoms with E-state index in [0.29, 0.717) is 16.9 Å². The van der Waals surface area contributed by atoms with Crippen molar-refractivity contribution in [3.8, 4) is 16.9 Å². The number of hydrogen-bond donors (Lipinski definition) is 0. The molecule has 0 saturated carbocycles. The van der Waals surface area contributed by atoms with Crippen LogP contribution in [0.15, 0.2) is 57.7 Å². The predicted octanol–water partition coefficient (Wildman–Crippen LogP) is 3.78. The summed E-state index contributed by atoms with van der Waals surface area (Å²) in [6.07, 6.45) is 0. The number of methoxy groups -OCH3 is 1. The van der Waals surface area contributed by atoms with Gasteiger partial charge >= 0.3 is 5.63 Å². The van der Waals surface area contributed by atoms with E-state index in [1.807, 2.05) is 49.4 Å². The molecule has 0 bridgehead atoms. The van der Waals surface area contributed by atoms with Gasteiger partial charge in [-0.15, -0.1) is 0 Å². The molecule has 0 saturated heterocycles. The van der Waals surface area contributed by atoms with E-state index in [-0.39, 0.29) is 5.63 Å². The number of ether oxygens (including phenoxy) is 1. The van der Waals surface area contributed by atoms with Gasteiger partial charge in [-0.25, -0.2) is 4.79 Å². The average molecular weight is 266 g/mol. The lowest BCUT2D eigenvalue weighted by atomic mass is 10.0. The molecule has 3 nitrogen and oxygen atoms in total. The Labute approximate surface area is 116 Å². The summed E-state index contributed by atoms with van der Waals surface area (Å²) in [7, 11) is 1.59. The molecule has 1 heterocycles. The van der Waals surface area contributed by atoms with Crippen LogP contribution in [0.5, 0.6) is 5.75 Å². The number of fused-ring (bicyclic) bond motifs is 1. The fourth-order valence-electron chi connectivity index (χ4n) is 2.30. The van der Waals surface area contributed by atoms with E-state index in [2.05, 4.69) is 0 Å². The molecular weight excluding hydrogens is 252 g/mol. The van der Waals surface area contributed by atoms with Crippen LogP contribution < -0.4 is 10.4 Å². The fourth-order valence-corrected chi connectivity index (χ4v) is 2.30. The van der Waals surface area contributed by atoms with Crippen LogP contribution in [0.2, 0.25) is 0 Å². The van der Waals surface area contributed by atoms with Crippen molar-refractivity contribution in [2.75, 3.05) is 7.11 Å². The lowest BCUT2D eigenvalue weighted by molar-refractivity contribution is 0.413. The predicted molar refractivity (Wildman–Crippen MR) is 79.2 cm³/mol. The maximum atomic E-state index is 12.1. The summed E-state index contributed by atoms with van der Waals surface area (Å²) in [5, 5.41) is 0.921. The Morgan fingerprint density at radius 2 is 1.80 bits per heavy atom. The van der Waals surface area contributed by atoms with Gasteiger partial charge in [-0.3, -0.25) is 0 Å². The van der Waals surface area contributed by atoms with E-state index in [1.54, 1.807) is 13.2 Å². The van der Waals surface area contributed by atoms with Gasteiger partial charge in [-0.1, -0.05) is 30.3 Å². The molecule has 2 aromatic carbocycles. The highest BCUT2D eigenvalue weighted by Gasteiger charge is 2.10. The van der Waals surface area contributed by atoms with Crippen molar-refractivity contribution >= 4 is 11.0 Å². The molecule has 0 amide bonds. The van der Waals surface area contributed by atoms with E-state index in [4.69, 9.17) is 9.15 Å². The van der Waals surface area contributed by atoms with Crippen LogP contribution in [0.25, 0.3) is 22.1 Å². The monoisotopic (exact) mass is 266 g/mol. The highest BCUT2D eigenvalue weighted by Crippen LogP contribution is 2.27. The third-order valence-electron chi connectivity index (χ3n) is 3.35. The summed E-state index contributed by atoms with van der Waals surface area (Å²) in [5.41, 5.74) is 2.66. The molecule has 0 aliphatic rings. The molecule has 0 aliphatic heterocycles. The smallest absolute Gasteiger partial charge is 0.344 e. The maximum Gasteiger partial charge on any atom is 0.344 e. The van der Waals surface area contributed by atoms with E-state index in [0.717, 1.165) is 16.5 Å². The van der Waals surface area contributed by atoms with Gasteiger partial charge in [0.25, 0.3) is 0 Å². The largest absolute Gasteiger partial charge is 0.497 e. The van der Waals surface area contributed by atoms with E-state index in [1.165, 1.54) is 0 Å². The number of aryl methyl sites for hydroxylation is 1. The number of rotatable bonds is 2. The zero-order chi connectivity index (χ0) is 14.1. The van der Waals surface area contributed by atoms with Crippen LogP contribution in [0.4, 0.5) is 0 Å². The molecule has 0 radical (unpaired) electrons. The Kier molecular flexibility index (Phi) is 3.03. The van der Waals surface area contributed by atoms with Crippen LogP contribution in [0.3, 0.4) is 0 Å². The lowest BCUT2D eigenvalue weighted by Gasteiger charge is -2.07. The first-order valence-electron chi connectivity index (χ1n) is 6.37. The van der Waals surface area contributed by atoms with Crippen LogP contribution >= 0.6 is 0 Å². The lowest BCUT2D eigenvalue weighted by Crippen LogP contribution is -2.03. The van der Waals surface area contributed by atoms with E-state index in [9.17, 15) is 4.79 Å². The molecule has 3 heteroatoms. The Morgan fingerprint density at radius 1 is 1.05 bits per heavy atom. The molecule has 0 atom stereocenters. The van der Waals surface area contributed by atoms with Crippen molar-refractivity contribution in [1.29, 1.82) is 0 Å². The van der Waals surface area contributed by atoms with Crippen molar-refractivity contribution in [1.82, 2.24) is 0 Å². The van der Waals surface area contributed by atoms with Gasteiger partial charge in [0.2, 0.25) is 0 Å². The Balaban J connectivity index is 2.30. The van der Waals surface area contributed by atoms with Crippen molar-refractivity contribution in [2.24, 2.45) is 0 Å². The molecule has 0 fully saturated rings. The van der Waals surface area contributed by atoms with Crippen molar-refractivity contribution in [2.45, 2.75) is 6.92 Å². The summed E-state index contributed by atoms with van der Waals surface area (Å²) in [6.45, 7) is 1.97. The maximum absolute atomic E-state index is 12.1. The van der Waals surface area contributed by atoms with Gasteiger partial charge in [0.1, 0.15) is 11.3 Å². The number of benzene rings is 2. The van der Waals surface area contributed by atoms with Crippen molar-refractivity contribution in [3.63, 3.8) is 0 Å². The van der Waals surface area contributed by atoms with Gasteiger partial charge in [0.05, 0.1) is 12.7 Å². The minimum atomic E-state index is -0.337. The summed E-state index contributed by atoms with van der Waals surface area (Å²) in [4.78, 5) is 12.1. The summed E-state index contributed by atoms with van der Waals surface area (Å²) < 4.78 is 10.6. The van der Waals surface area contributed by atoms with Crippen LogP contribution in [-0.2, 0) is 0 Å². The highest BCUT2D eigenvalue weighted by atomic mass is 16.5. The first-order valence-corrected chi connectivity index (χ1v) is 6.37. The Morgan fingerprint density at radius 3 is 2.50 bits per heavy atom. The molecule has 0 aliphatic carbocycles. The highest BCUT2D eigenvalue weighted by molar-refractivity contribution is 5.85. The minimum Gasteiger partial charge on any atom is -0.497 e. The van der Waals surface area contributed by atoms with E-state index < -0.39 is 0 Å². The van der Waals surface area contributed by atoms with Gasteiger partial charge in [-0.2, -0.15) is 0 Å². The van der Waals surface area contributed by atoms with E-state index >= 15 is 0 Å². The van der Waals surface area contributed by atoms with Crippen molar-refractivity contribution in [3.05, 3.63) is 64.5 Å². The topological polar surface area (TPSA) is 39.4 Å². The SMILES string of the molecule is COc1cc(C)c2cc(-c3ccccc3)c(=O)oc2c1. The second kappa shape index (κ2) is 4.85. The van der Waals surface area contributed by atoms with Gasteiger partial charge in [0.15, 0.2) is 0 Å². The summed E-state index contributed by atoms with van der Waals surface area (Å²) in [6, 6.07) is 15.1. The molecule has 0 unspecified atom stereocenters. The van der Waals surface area contributed by atoms with Crippen LogP contribution in [0.1, 0.15) is 5.56 Å². The molecule has 1 aromatic heterocycles. The zero-order valence-corrected chi connectivity index (χ0v) is 11.3. The summed E-state index contributed by atoms with van der Waals surface area (Å²) >= 11 is 0. The summed E-state index contributed by atoms with van der Waals surface area (Å²) in [5.74, 6) is 0.686. The zero-order valence-electron chi connectivity index (χ0n) is 11.3. The molecule has 20 heavy (non-hydrogen) atoms. The minimum absolute atomic E-state index is 0.337. The normalized spacial score (nSPS) is 10.7. The number of hydrogen-bond acceptors (Lipinski definition) is 3. The first kappa shape index (κ1) is 12.5. The van der Waals surface area contributed by atoms with Gasteiger partial charge in [0, 0.05) is 11.5 Å².